The molecule has 5 heteroatoms. The Balaban J connectivity index is 1.74. The molecule has 0 amide bonds. The van der Waals surface area contributed by atoms with E-state index in [1.165, 1.54) is 13.2 Å². The number of hydrogen-bond acceptors (Lipinski definition) is 5. The summed E-state index contributed by atoms with van der Waals surface area (Å²) in [6.45, 7) is 0. The zero-order valence-corrected chi connectivity index (χ0v) is 15.2. The maximum atomic E-state index is 12.1. The van der Waals surface area contributed by atoms with Crippen LogP contribution < -0.4 is 9.47 Å². The lowest BCUT2D eigenvalue weighted by Gasteiger charge is -2.46. The smallest absolute Gasteiger partial charge is 0.341 e. The molecule has 5 nitrogen and oxygen atoms in total. The van der Waals surface area contributed by atoms with Crippen LogP contribution in [0.3, 0.4) is 0 Å². The van der Waals surface area contributed by atoms with Gasteiger partial charge in [-0.3, -0.25) is 0 Å². The lowest BCUT2D eigenvalue weighted by molar-refractivity contribution is -0.148. The van der Waals surface area contributed by atoms with Gasteiger partial charge in [-0.15, -0.1) is 0 Å². The molecule has 0 aliphatic carbocycles. The number of methoxy groups -OCH3 is 1. The van der Waals surface area contributed by atoms with Crippen molar-refractivity contribution in [1.82, 2.24) is 0 Å². The number of carbonyl (C=O) groups excluding carboxylic acids is 1. The molecule has 2 atom stereocenters. The molecular weight excluding hydrogens is 356 g/mol. The second kappa shape index (κ2) is 6.02. The van der Waals surface area contributed by atoms with Crippen LogP contribution in [0.15, 0.2) is 66.7 Å². The summed E-state index contributed by atoms with van der Waals surface area (Å²) in [4.78, 5) is 12.1. The highest BCUT2D eigenvalue weighted by molar-refractivity contribution is 5.93. The highest BCUT2D eigenvalue weighted by Crippen LogP contribution is 2.55. The summed E-state index contributed by atoms with van der Waals surface area (Å²) in [6.07, 6.45) is 0.562. The van der Waals surface area contributed by atoms with E-state index in [1.807, 2.05) is 54.6 Å². The molecule has 0 unspecified atom stereocenters. The van der Waals surface area contributed by atoms with Crippen molar-refractivity contribution in [3.8, 4) is 17.2 Å². The highest BCUT2D eigenvalue weighted by Gasteiger charge is 2.50. The summed E-state index contributed by atoms with van der Waals surface area (Å²) in [7, 11) is 1.29. The molecule has 3 aromatic carbocycles. The van der Waals surface area contributed by atoms with Crippen LogP contribution in [0.1, 0.15) is 39.4 Å². The predicted octanol–water partition coefficient (Wildman–Crippen LogP) is 4.34. The second-order valence-corrected chi connectivity index (χ2v) is 7.02. The van der Waals surface area contributed by atoms with Gasteiger partial charge in [0, 0.05) is 35.1 Å². The standard InChI is InChI=1S/C23H18O5/c1-26-22(25)17-11-16-18-13-23(14-7-3-2-4-8-14,28-21(16)12-19(17)24)27-20-10-6-5-9-15(18)20/h2-12,18,24H,13H2,1H3/t18-,23-/m1/s1. The van der Waals surface area contributed by atoms with E-state index in [-0.39, 0.29) is 17.2 Å². The van der Waals surface area contributed by atoms with Crippen molar-refractivity contribution in [2.75, 3.05) is 7.11 Å². The Kier molecular flexibility index (Phi) is 3.59. The van der Waals surface area contributed by atoms with Gasteiger partial charge in [-0.05, 0) is 12.1 Å². The van der Waals surface area contributed by atoms with Crippen LogP contribution in [0, 0.1) is 0 Å². The minimum absolute atomic E-state index is 0.0436. The quantitative estimate of drug-likeness (QED) is 0.676. The van der Waals surface area contributed by atoms with E-state index in [0.29, 0.717) is 12.2 Å². The molecule has 0 spiro atoms. The number of fused-ring (bicyclic) bond motifs is 6. The van der Waals surface area contributed by atoms with Crippen LogP contribution >= 0.6 is 0 Å². The fourth-order valence-corrected chi connectivity index (χ4v) is 4.12. The fourth-order valence-electron chi connectivity index (χ4n) is 4.12. The molecule has 2 aliphatic rings. The first-order chi connectivity index (χ1) is 13.6. The molecule has 0 fully saturated rings. The number of phenolic OH excluding ortho intramolecular Hbond substituents is 1. The van der Waals surface area contributed by atoms with Crippen molar-refractivity contribution >= 4 is 5.97 Å². The first kappa shape index (κ1) is 16.7. The van der Waals surface area contributed by atoms with E-state index in [2.05, 4.69) is 0 Å². The van der Waals surface area contributed by atoms with Gasteiger partial charge in [-0.25, -0.2) is 4.79 Å². The zero-order chi connectivity index (χ0) is 19.3. The Morgan fingerprint density at radius 2 is 1.71 bits per heavy atom. The molecule has 1 N–H and O–H groups in total. The van der Waals surface area contributed by atoms with Crippen LogP contribution in [-0.4, -0.2) is 18.2 Å². The first-order valence-corrected chi connectivity index (χ1v) is 9.09. The summed E-state index contributed by atoms with van der Waals surface area (Å²) in [5.74, 6) is -0.548. The monoisotopic (exact) mass is 374 g/mol. The highest BCUT2D eigenvalue weighted by atomic mass is 16.7. The normalized spacial score (nSPS) is 21.5. The number of ether oxygens (including phenoxy) is 3. The molecule has 0 aromatic heterocycles. The van der Waals surface area contributed by atoms with E-state index < -0.39 is 11.8 Å². The van der Waals surface area contributed by atoms with Gasteiger partial charge in [-0.1, -0.05) is 48.5 Å². The Hall–Kier alpha value is -3.47. The van der Waals surface area contributed by atoms with Gasteiger partial charge in [0.15, 0.2) is 0 Å². The summed E-state index contributed by atoms with van der Waals surface area (Å²) in [5, 5.41) is 10.4. The molecule has 2 bridgehead atoms. The van der Waals surface area contributed by atoms with E-state index in [1.54, 1.807) is 6.07 Å². The van der Waals surface area contributed by atoms with Crippen LogP contribution in [0.4, 0.5) is 0 Å². The zero-order valence-electron chi connectivity index (χ0n) is 15.2. The molecule has 0 radical (unpaired) electrons. The molecule has 140 valence electrons. The maximum Gasteiger partial charge on any atom is 0.341 e. The molecule has 3 aromatic rings. The van der Waals surface area contributed by atoms with Crippen molar-refractivity contribution in [3.05, 3.63) is 89.0 Å². The van der Waals surface area contributed by atoms with E-state index >= 15 is 0 Å². The molecule has 0 saturated heterocycles. The predicted molar refractivity (Wildman–Crippen MR) is 102 cm³/mol. The number of phenols is 1. The minimum Gasteiger partial charge on any atom is -0.507 e. The number of para-hydroxylation sites is 1. The van der Waals surface area contributed by atoms with E-state index in [0.717, 1.165) is 22.4 Å². The molecule has 28 heavy (non-hydrogen) atoms. The third-order valence-corrected chi connectivity index (χ3v) is 5.44. The molecule has 5 rings (SSSR count). The van der Waals surface area contributed by atoms with Gasteiger partial charge in [0.2, 0.25) is 0 Å². The van der Waals surface area contributed by atoms with Crippen LogP contribution in [0.25, 0.3) is 0 Å². The Labute approximate surface area is 162 Å². The van der Waals surface area contributed by atoms with Crippen molar-refractivity contribution in [2.45, 2.75) is 18.1 Å². The van der Waals surface area contributed by atoms with Gasteiger partial charge in [-0.2, -0.15) is 0 Å². The molecule has 2 aliphatic heterocycles. The third-order valence-electron chi connectivity index (χ3n) is 5.44. The third kappa shape index (κ3) is 2.36. The maximum absolute atomic E-state index is 12.1. The van der Waals surface area contributed by atoms with Gasteiger partial charge in [0.05, 0.1) is 7.11 Å². The minimum atomic E-state index is -0.994. The van der Waals surface area contributed by atoms with Crippen molar-refractivity contribution < 1.29 is 24.1 Å². The van der Waals surface area contributed by atoms with Gasteiger partial charge in [0.25, 0.3) is 5.79 Å². The van der Waals surface area contributed by atoms with Crippen molar-refractivity contribution in [2.24, 2.45) is 0 Å². The summed E-state index contributed by atoms with van der Waals surface area (Å²) in [6, 6.07) is 20.8. The summed E-state index contributed by atoms with van der Waals surface area (Å²) < 4.78 is 17.5. The topological polar surface area (TPSA) is 65.0 Å². The number of aromatic hydroxyl groups is 1. The number of benzene rings is 3. The second-order valence-electron chi connectivity index (χ2n) is 7.02. The van der Waals surface area contributed by atoms with Gasteiger partial charge >= 0.3 is 5.97 Å². The number of carbonyl (C=O) groups is 1. The SMILES string of the molecule is COC(=O)c1cc2c(cc1O)O[C@@]1(c3ccccc3)C[C@@H]2c2ccccc2O1. The Morgan fingerprint density at radius 1 is 1.00 bits per heavy atom. The van der Waals surface area contributed by atoms with Crippen molar-refractivity contribution in [3.63, 3.8) is 0 Å². The lowest BCUT2D eigenvalue weighted by Crippen LogP contribution is -2.46. The number of esters is 1. The number of rotatable bonds is 2. The van der Waals surface area contributed by atoms with Gasteiger partial charge in [0.1, 0.15) is 22.8 Å². The summed E-state index contributed by atoms with van der Waals surface area (Å²) in [5.41, 5.74) is 2.89. The summed E-state index contributed by atoms with van der Waals surface area (Å²) >= 11 is 0. The van der Waals surface area contributed by atoms with Gasteiger partial charge < -0.3 is 19.3 Å². The molecule has 2 heterocycles. The average molecular weight is 374 g/mol. The van der Waals surface area contributed by atoms with E-state index in [4.69, 9.17) is 14.2 Å². The average Bonchev–Trinajstić information content (AvgIpc) is 2.73. The largest absolute Gasteiger partial charge is 0.507 e. The number of hydrogen-bond donors (Lipinski definition) is 1. The lowest BCUT2D eigenvalue weighted by atomic mass is 9.78. The van der Waals surface area contributed by atoms with Crippen LogP contribution in [-0.2, 0) is 10.5 Å². The van der Waals surface area contributed by atoms with Crippen molar-refractivity contribution in [1.29, 1.82) is 0 Å². The Bertz CT molecular complexity index is 1080. The van der Waals surface area contributed by atoms with Crippen LogP contribution in [0.2, 0.25) is 0 Å². The van der Waals surface area contributed by atoms with Crippen LogP contribution in [0.5, 0.6) is 17.2 Å². The molecular formula is C23H18O5. The van der Waals surface area contributed by atoms with E-state index in [9.17, 15) is 9.90 Å². The fraction of sp³-hybridized carbons (Fsp3) is 0.174. The Morgan fingerprint density at radius 3 is 2.50 bits per heavy atom. The molecule has 0 saturated carbocycles. The first-order valence-electron chi connectivity index (χ1n) is 9.09.